The van der Waals surface area contributed by atoms with E-state index in [2.05, 4.69) is 4.98 Å². The Labute approximate surface area is 136 Å². The standard InChI is InChI=1S/C16H25FN4O2/c1-16(2,3)21(15(22)23)12-6-11(7-17)9-20(10-12)14-4-5-19-8-13(14)18/h4-5,8,11-12H,6-7,9-10,18H2,1-3H3,(H,22,23)/t11-,12-/m1/s1. The van der Waals surface area contributed by atoms with Crippen molar-refractivity contribution in [1.82, 2.24) is 9.88 Å². The van der Waals surface area contributed by atoms with Gasteiger partial charge >= 0.3 is 6.09 Å². The molecular formula is C16H25FN4O2. The minimum absolute atomic E-state index is 0.217. The molecule has 2 rings (SSSR count). The van der Waals surface area contributed by atoms with Crippen LogP contribution >= 0.6 is 0 Å². The minimum atomic E-state index is -0.982. The summed E-state index contributed by atoms with van der Waals surface area (Å²) >= 11 is 0. The van der Waals surface area contributed by atoms with Gasteiger partial charge in [0.15, 0.2) is 0 Å². The quantitative estimate of drug-likeness (QED) is 0.893. The third-order valence-corrected chi connectivity index (χ3v) is 4.20. The van der Waals surface area contributed by atoms with Crippen molar-refractivity contribution in [3.63, 3.8) is 0 Å². The summed E-state index contributed by atoms with van der Waals surface area (Å²) < 4.78 is 13.4. The van der Waals surface area contributed by atoms with Crippen LogP contribution in [0.15, 0.2) is 18.5 Å². The molecule has 1 fully saturated rings. The first-order valence-corrected chi connectivity index (χ1v) is 7.76. The highest BCUT2D eigenvalue weighted by molar-refractivity contribution is 5.68. The second-order valence-corrected chi connectivity index (χ2v) is 7.07. The van der Waals surface area contributed by atoms with Crippen molar-refractivity contribution >= 4 is 17.5 Å². The molecule has 2 atom stereocenters. The molecule has 1 amide bonds. The third-order valence-electron chi connectivity index (χ3n) is 4.20. The van der Waals surface area contributed by atoms with E-state index in [1.54, 1.807) is 18.5 Å². The van der Waals surface area contributed by atoms with Gasteiger partial charge in [0.1, 0.15) is 0 Å². The Morgan fingerprint density at radius 1 is 1.52 bits per heavy atom. The minimum Gasteiger partial charge on any atom is -0.465 e. The summed E-state index contributed by atoms with van der Waals surface area (Å²) in [6.07, 6.45) is 2.73. The van der Waals surface area contributed by atoms with Crippen LogP contribution in [0.1, 0.15) is 27.2 Å². The number of rotatable bonds is 3. The highest BCUT2D eigenvalue weighted by atomic mass is 19.1. The van der Waals surface area contributed by atoms with Gasteiger partial charge in [-0.25, -0.2) is 4.79 Å². The highest BCUT2D eigenvalue weighted by Gasteiger charge is 2.38. The molecule has 6 nitrogen and oxygen atoms in total. The Bertz CT molecular complexity index is 561. The molecule has 0 unspecified atom stereocenters. The van der Waals surface area contributed by atoms with E-state index < -0.39 is 18.3 Å². The molecule has 0 saturated carbocycles. The molecule has 7 heteroatoms. The van der Waals surface area contributed by atoms with Crippen LogP contribution in [0.25, 0.3) is 0 Å². The summed E-state index contributed by atoms with van der Waals surface area (Å²) in [5, 5.41) is 9.61. The van der Waals surface area contributed by atoms with Crippen molar-refractivity contribution < 1.29 is 14.3 Å². The third kappa shape index (κ3) is 3.83. The Kier molecular flexibility index (Phi) is 4.97. The maximum atomic E-state index is 13.4. The molecule has 0 spiro atoms. The Morgan fingerprint density at radius 3 is 2.74 bits per heavy atom. The van der Waals surface area contributed by atoms with Gasteiger partial charge in [0.2, 0.25) is 0 Å². The predicted octanol–water partition coefficient (Wildman–Crippen LogP) is 2.61. The topological polar surface area (TPSA) is 82.7 Å². The molecule has 0 aliphatic carbocycles. The van der Waals surface area contributed by atoms with Crippen LogP contribution in [0, 0.1) is 5.92 Å². The predicted molar refractivity (Wildman–Crippen MR) is 88.3 cm³/mol. The molecule has 2 heterocycles. The monoisotopic (exact) mass is 324 g/mol. The number of amides is 1. The van der Waals surface area contributed by atoms with Crippen LogP contribution < -0.4 is 10.6 Å². The van der Waals surface area contributed by atoms with E-state index >= 15 is 0 Å². The number of carbonyl (C=O) groups is 1. The first-order valence-electron chi connectivity index (χ1n) is 7.76. The molecule has 1 aromatic rings. The van der Waals surface area contributed by atoms with E-state index in [1.165, 1.54) is 4.90 Å². The average Bonchev–Trinajstić information content (AvgIpc) is 2.45. The second kappa shape index (κ2) is 6.60. The summed E-state index contributed by atoms with van der Waals surface area (Å²) in [5.74, 6) is -0.217. The summed E-state index contributed by atoms with van der Waals surface area (Å²) in [4.78, 5) is 19.1. The van der Waals surface area contributed by atoms with Gasteiger partial charge in [0, 0.05) is 30.7 Å². The molecule has 23 heavy (non-hydrogen) atoms. The highest BCUT2D eigenvalue weighted by Crippen LogP contribution is 2.31. The number of anilines is 2. The normalized spacial score (nSPS) is 22.0. The zero-order valence-corrected chi connectivity index (χ0v) is 13.9. The molecule has 0 radical (unpaired) electrons. The summed E-state index contributed by atoms with van der Waals surface area (Å²) in [5.41, 5.74) is 6.72. The van der Waals surface area contributed by atoms with E-state index in [0.717, 1.165) is 5.69 Å². The number of hydrogen-bond donors (Lipinski definition) is 2. The first-order chi connectivity index (χ1) is 10.7. The summed E-state index contributed by atoms with van der Waals surface area (Å²) in [6, 6.07) is 1.50. The number of nitrogens with zero attached hydrogens (tertiary/aromatic N) is 3. The fraction of sp³-hybridized carbons (Fsp3) is 0.625. The summed E-state index contributed by atoms with van der Waals surface area (Å²) in [7, 11) is 0. The number of piperidine rings is 1. The molecule has 128 valence electrons. The fourth-order valence-electron chi connectivity index (χ4n) is 3.35. The summed E-state index contributed by atoms with van der Waals surface area (Å²) in [6.45, 7) is 6.10. The average molecular weight is 324 g/mol. The van der Waals surface area contributed by atoms with Crippen LogP contribution in [0.2, 0.25) is 0 Å². The van der Waals surface area contributed by atoms with Gasteiger partial charge < -0.3 is 15.7 Å². The zero-order chi connectivity index (χ0) is 17.2. The molecule has 1 aliphatic heterocycles. The molecule has 3 N–H and O–H groups in total. The van der Waals surface area contributed by atoms with Gasteiger partial charge in [-0.1, -0.05) is 0 Å². The molecule has 0 aromatic carbocycles. The largest absolute Gasteiger partial charge is 0.465 e. The van der Waals surface area contributed by atoms with Crippen LogP contribution in [-0.4, -0.2) is 52.4 Å². The van der Waals surface area contributed by atoms with Crippen molar-refractivity contribution in [3.05, 3.63) is 18.5 Å². The second-order valence-electron chi connectivity index (χ2n) is 7.07. The number of alkyl halides is 1. The van der Waals surface area contributed by atoms with Crippen LogP contribution in [0.4, 0.5) is 20.6 Å². The number of hydrogen-bond acceptors (Lipinski definition) is 4. The van der Waals surface area contributed by atoms with Crippen molar-refractivity contribution in [3.8, 4) is 0 Å². The number of nitrogens with two attached hydrogens (primary N) is 1. The smallest absolute Gasteiger partial charge is 0.408 e. The number of nitrogen functional groups attached to an aromatic ring is 1. The molecule has 1 saturated heterocycles. The van der Waals surface area contributed by atoms with E-state index in [1.807, 2.05) is 25.7 Å². The van der Waals surface area contributed by atoms with Gasteiger partial charge in [-0.05, 0) is 33.3 Å². The number of carboxylic acid groups (broad SMARTS) is 1. The van der Waals surface area contributed by atoms with Gasteiger partial charge in [0.05, 0.1) is 30.3 Å². The number of halogens is 1. The lowest BCUT2D eigenvalue weighted by atomic mass is 9.91. The SMILES string of the molecule is CC(C)(C)N(C(=O)O)[C@@H]1C[C@H](CF)CN(c2ccncc2N)C1. The van der Waals surface area contributed by atoms with Crippen molar-refractivity contribution in [2.75, 3.05) is 30.4 Å². The van der Waals surface area contributed by atoms with Crippen LogP contribution in [0.3, 0.4) is 0 Å². The maximum Gasteiger partial charge on any atom is 0.408 e. The maximum absolute atomic E-state index is 13.4. The van der Waals surface area contributed by atoms with Gasteiger partial charge in [-0.15, -0.1) is 0 Å². The van der Waals surface area contributed by atoms with E-state index in [-0.39, 0.29) is 12.0 Å². The zero-order valence-electron chi connectivity index (χ0n) is 13.9. The van der Waals surface area contributed by atoms with Gasteiger partial charge in [-0.2, -0.15) is 0 Å². The molecule has 1 aromatic heterocycles. The lowest BCUT2D eigenvalue weighted by molar-refractivity contribution is 0.0551. The van der Waals surface area contributed by atoms with Gasteiger partial charge in [0.25, 0.3) is 0 Å². The first kappa shape index (κ1) is 17.3. The Balaban J connectivity index is 2.31. The Morgan fingerprint density at radius 2 is 2.22 bits per heavy atom. The van der Waals surface area contributed by atoms with Crippen molar-refractivity contribution in [2.45, 2.75) is 38.8 Å². The fourth-order valence-corrected chi connectivity index (χ4v) is 3.35. The molecule has 1 aliphatic rings. The van der Waals surface area contributed by atoms with E-state index in [9.17, 15) is 14.3 Å². The van der Waals surface area contributed by atoms with Gasteiger partial charge in [-0.3, -0.25) is 14.3 Å². The van der Waals surface area contributed by atoms with E-state index in [0.29, 0.717) is 25.2 Å². The Hall–Kier alpha value is -2.05. The van der Waals surface area contributed by atoms with Crippen LogP contribution in [-0.2, 0) is 0 Å². The number of aromatic nitrogens is 1. The lowest BCUT2D eigenvalue weighted by Gasteiger charge is -2.46. The van der Waals surface area contributed by atoms with Crippen molar-refractivity contribution in [2.24, 2.45) is 5.92 Å². The molecular weight excluding hydrogens is 299 g/mol. The van der Waals surface area contributed by atoms with Crippen LogP contribution in [0.5, 0.6) is 0 Å². The molecule has 0 bridgehead atoms. The number of pyridine rings is 1. The van der Waals surface area contributed by atoms with Crippen molar-refractivity contribution in [1.29, 1.82) is 0 Å². The lowest BCUT2D eigenvalue weighted by Crippen LogP contribution is -2.58. The van der Waals surface area contributed by atoms with E-state index in [4.69, 9.17) is 5.73 Å².